The quantitative estimate of drug-likeness (QED) is 0.427. The molecule has 0 fully saturated rings. The molecule has 5 nitrogen and oxygen atoms in total. The summed E-state index contributed by atoms with van der Waals surface area (Å²) in [7, 11) is -4.12. The molecular formula is C22H16F2N2O3S. The van der Waals surface area contributed by atoms with E-state index in [0.29, 0.717) is 11.3 Å². The standard InChI is InChI=1S/C22H16F2N2O3S/c1-14-3-2-4-15(13-14)20-26-22(30(27,28)19-11-7-17(24)8-12-19)21(29-20)25-18-9-5-16(23)6-10-18/h2-13,25H,1H3. The first-order chi connectivity index (χ1) is 14.3. The number of benzene rings is 3. The number of anilines is 2. The van der Waals surface area contributed by atoms with Crippen molar-refractivity contribution in [2.75, 3.05) is 5.32 Å². The van der Waals surface area contributed by atoms with Gasteiger partial charge in [-0.25, -0.2) is 17.2 Å². The molecule has 0 unspecified atom stereocenters. The van der Waals surface area contributed by atoms with E-state index in [2.05, 4.69) is 10.3 Å². The predicted octanol–water partition coefficient (Wildman–Crippen LogP) is 5.50. The Bertz CT molecular complexity index is 1300. The van der Waals surface area contributed by atoms with Crippen molar-refractivity contribution in [2.24, 2.45) is 0 Å². The first kappa shape index (κ1) is 19.8. The number of nitrogens with zero attached hydrogens (tertiary/aromatic N) is 1. The van der Waals surface area contributed by atoms with Crippen molar-refractivity contribution in [3.8, 4) is 11.5 Å². The number of aryl methyl sites for hydroxylation is 1. The van der Waals surface area contributed by atoms with Crippen molar-refractivity contribution in [1.29, 1.82) is 0 Å². The van der Waals surface area contributed by atoms with Crippen molar-refractivity contribution >= 4 is 21.4 Å². The molecule has 0 saturated heterocycles. The second-order valence-electron chi connectivity index (χ2n) is 6.61. The molecular weight excluding hydrogens is 410 g/mol. The lowest BCUT2D eigenvalue weighted by Gasteiger charge is -2.06. The van der Waals surface area contributed by atoms with Gasteiger partial charge in [0, 0.05) is 11.3 Å². The molecule has 1 heterocycles. The molecule has 1 aromatic heterocycles. The second kappa shape index (κ2) is 7.72. The number of aromatic nitrogens is 1. The van der Waals surface area contributed by atoms with Crippen molar-refractivity contribution in [3.63, 3.8) is 0 Å². The topological polar surface area (TPSA) is 72.2 Å². The molecule has 3 aromatic carbocycles. The fourth-order valence-electron chi connectivity index (χ4n) is 2.86. The number of oxazole rings is 1. The van der Waals surface area contributed by atoms with Crippen molar-refractivity contribution in [3.05, 3.63) is 90.0 Å². The average molecular weight is 426 g/mol. The summed E-state index contributed by atoms with van der Waals surface area (Å²) in [4.78, 5) is 4.09. The molecule has 4 aromatic rings. The molecule has 152 valence electrons. The van der Waals surface area contributed by atoms with Crippen LogP contribution in [-0.2, 0) is 9.84 Å². The van der Waals surface area contributed by atoms with E-state index in [1.54, 1.807) is 12.1 Å². The summed E-state index contributed by atoms with van der Waals surface area (Å²) >= 11 is 0. The van der Waals surface area contributed by atoms with E-state index in [0.717, 1.165) is 29.8 Å². The summed E-state index contributed by atoms with van der Waals surface area (Å²) < 4.78 is 58.6. The zero-order valence-electron chi connectivity index (χ0n) is 15.8. The number of sulfone groups is 1. The fourth-order valence-corrected chi connectivity index (χ4v) is 4.12. The van der Waals surface area contributed by atoms with Crippen LogP contribution in [-0.4, -0.2) is 13.4 Å². The van der Waals surface area contributed by atoms with Gasteiger partial charge in [0.15, 0.2) is 0 Å². The summed E-state index contributed by atoms with van der Waals surface area (Å²) in [5, 5.41) is 2.49. The second-order valence-corrected chi connectivity index (χ2v) is 8.48. The van der Waals surface area contributed by atoms with Crippen LogP contribution in [0.4, 0.5) is 20.4 Å². The Morgan fingerprint density at radius 1 is 0.900 bits per heavy atom. The lowest BCUT2D eigenvalue weighted by molar-refractivity contribution is 0.581. The summed E-state index contributed by atoms with van der Waals surface area (Å²) in [5.41, 5.74) is 1.96. The summed E-state index contributed by atoms with van der Waals surface area (Å²) in [6.07, 6.45) is 0. The molecule has 0 aliphatic carbocycles. The maximum Gasteiger partial charge on any atom is 0.238 e. The SMILES string of the molecule is Cc1cccc(-c2nc(S(=O)(=O)c3ccc(F)cc3)c(Nc3ccc(F)cc3)o2)c1. The van der Waals surface area contributed by atoms with Crippen LogP contribution >= 0.6 is 0 Å². The lowest BCUT2D eigenvalue weighted by Crippen LogP contribution is -2.05. The van der Waals surface area contributed by atoms with Crippen LogP contribution < -0.4 is 5.32 Å². The van der Waals surface area contributed by atoms with Crippen LogP contribution in [0.15, 0.2) is 87.1 Å². The van der Waals surface area contributed by atoms with Gasteiger partial charge >= 0.3 is 0 Å². The number of nitrogens with one attached hydrogen (secondary N) is 1. The third-order valence-electron chi connectivity index (χ3n) is 4.34. The van der Waals surface area contributed by atoms with E-state index in [-0.39, 0.29) is 21.7 Å². The normalized spacial score (nSPS) is 11.4. The molecule has 0 spiro atoms. The van der Waals surface area contributed by atoms with Crippen LogP contribution in [0, 0.1) is 18.6 Å². The molecule has 8 heteroatoms. The molecule has 0 bridgehead atoms. The largest absolute Gasteiger partial charge is 0.419 e. The van der Waals surface area contributed by atoms with Crippen molar-refractivity contribution in [2.45, 2.75) is 16.8 Å². The molecule has 0 aliphatic rings. The highest BCUT2D eigenvalue weighted by atomic mass is 32.2. The zero-order valence-corrected chi connectivity index (χ0v) is 16.6. The number of halogens is 2. The van der Waals surface area contributed by atoms with Gasteiger partial charge in [0.2, 0.25) is 26.6 Å². The van der Waals surface area contributed by atoms with Crippen LogP contribution in [0.2, 0.25) is 0 Å². The van der Waals surface area contributed by atoms with E-state index < -0.39 is 21.5 Å². The average Bonchev–Trinajstić information content (AvgIpc) is 3.15. The van der Waals surface area contributed by atoms with Gasteiger partial charge < -0.3 is 9.73 Å². The summed E-state index contributed by atoms with van der Waals surface area (Å²) in [6.45, 7) is 1.89. The smallest absolute Gasteiger partial charge is 0.238 e. The molecule has 0 atom stereocenters. The van der Waals surface area contributed by atoms with Gasteiger partial charge in [-0.3, -0.25) is 0 Å². The fraction of sp³-hybridized carbons (Fsp3) is 0.0455. The molecule has 4 rings (SSSR count). The minimum Gasteiger partial charge on any atom is -0.419 e. The van der Waals surface area contributed by atoms with Crippen LogP contribution in [0.25, 0.3) is 11.5 Å². The molecule has 0 aliphatic heterocycles. The summed E-state index contributed by atoms with van der Waals surface area (Å²) in [6, 6.07) is 17.0. The van der Waals surface area contributed by atoms with Crippen molar-refractivity contribution < 1.29 is 21.6 Å². The van der Waals surface area contributed by atoms with Gasteiger partial charge in [0.1, 0.15) is 11.6 Å². The van der Waals surface area contributed by atoms with Gasteiger partial charge in [-0.05, 0) is 67.6 Å². The van der Waals surface area contributed by atoms with E-state index in [9.17, 15) is 17.2 Å². The first-order valence-corrected chi connectivity index (χ1v) is 10.4. The highest BCUT2D eigenvalue weighted by Gasteiger charge is 2.29. The third-order valence-corrected chi connectivity index (χ3v) is 6.02. The Labute approximate surface area is 171 Å². The Morgan fingerprint density at radius 2 is 1.53 bits per heavy atom. The van der Waals surface area contributed by atoms with Gasteiger partial charge in [-0.1, -0.05) is 17.7 Å². The molecule has 0 radical (unpaired) electrons. The van der Waals surface area contributed by atoms with Gasteiger partial charge in [0.25, 0.3) is 0 Å². The van der Waals surface area contributed by atoms with E-state index in [1.807, 2.05) is 19.1 Å². The molecule has 30 heavy (non-hydrogen) atoms. The number of hydrogen-bond donors (Lipinski definition) is 1. The van der Waals surface area contributed by atoms with Crippen LogP contribution in [0.5, 0.6) is 0 Å². The predicted molar refractivity (Wildman–Crippen MR) is 108 cm³/mol. The Morgan fingerprint density at radius 3 is 2.17 bits per heavy atom. The van der Waals surface area contributed by atoms with E-state index >= 15 is 0 Å². The minimum atomic E-state index is -4.12. The van der Waals surface area contributed by atoms with Crippen LogP contribution in [0.3, 0.4) is 0 Å². The first-order valence-electron chi connectivity index (χ1n) is 8.94. The summed E-state index contributed by atoms with van der Waals surface area (Å²) in [5.74, 6) is -1.01. The molecule has 0 saturated carbocycles. The Balaban J connectivity index is 1.84. The lowest BCUT2D eigenvalue weighted by atomic mass is 10.1. The highest BCUT2D eigenvalue weighted by Crippen LogP contribution is 2.34. The number of rotatable bonds is 5. The van der Waals surface area contributed by atoms with Gasteiger partial charge in [-0.2, -0.15) is 4.98 Å². The minimum absolute atomic E-state index is 0.101. The van der Waals surface area contributed by atoms with E-state index in [4.69, 9.17) is 4.42 Å². The molecule has 1 N–H and O–H groups in total. The third kappa shape index (κ3) is 3.95. The Hall–Kier alpha value is -3.52. The van der Waals surface area contributed by atoms with Crippen molar-refractivity contribution in [1.82, 2.24) is 4.98 Å². The maximum absolute atomic E-state index is 13.3. The Kier molecular flexibility index (Phi) is 5.09. The monoisotopic (exact) mass is 426 g/mol. The van der Waals surface area contributed by atoms with Gasteiger partial charge in [-0.15, -0.1) is 0 Å². The molecule has 0 amide bonds. The van der Waals surface area contributed by atoms with E-state index in [1.165, 1.54) is 24.3 Å². The van der Waals surface area contributed by atoms with Gasteiger partial charge in [0.05, 0.1) is 4.90 Å². The highest BCUT2D eigenvalue weighted by molar-refractivity contribution is 7.91. The maximum atomic E-state index is 13.3. The number of hydrogen-bond acceptors (Lipinski definition) is 5. The van der Waals surface area contributed by atoms with Crippen LogP contribution in [0.1, 0.15) is 5.56 Å². The zero-order chi connectivity index (χ0) is 21.3.